The molecule has 2 aromatic rings. The number of amides is 1. The number of piperazine rings is 1. The molecule has 0 aliphatic carbocycles. The smallest absolute Gasteiger partial charge is 0.350 e. The van der Waals surface area contributed by atoms with Crippen LogP contribution < -0.4 is 10.6 Å². The van der Waals surface area contributed by atoms with E-state index in [2.05, 4.69) is 20.7 Å². The zero-order chi connectivity index (χ0) is 18.6. The molecule has 0 spiro atoms. The van der Waals surface area contributed by atoms with Crippen molar-refractivity contribution in [2.24, 2.45) is 0 Å². The first-order valence-corrected chi connectivity index (χ1v) is 8.20. The van der Waals surface area contributed by atoms with Crippen LogP contribution in [0.2, 0.25) is 0 Å². The van der Waals surface area contributed by atoms with Crippen LogP contribution in [0.25, 0.3) is 5.69 Å². The quantitative estimate of drug-likeness (QED) is 0.739. The van der Waals surface area contributed by atoms with Crippen molar-refractivity contribution in [3.05, 3.63) is 42.5 Å². The maximum absolute atomic E-state index is 13.4. The highest BCUT2D eigenvalue weighted by Gasteiger charge is 2.43. The number of aromatic nitrogens is 3. The molecule has 2 N–H and O–H groups in total. The van der Waals surface area contributed by atoms with Gasteiger partial charge in [0.25, 0.3) is 5.91 Å². The molecule has 1 atom stereocenters. The number of rotatable bonds is 5. The summed E-state index contributed by atoms with van der Waals surface area (Å²) in [5.41, 5.74) is 0.865. The Balaban J connectivity index is 0.00000196. The molecule has 0 radical (unpaired) electrons. The van der Waals surface area contributed by atoms with Crippen LogP contribution in [0.4, 0.5) is 13.2 Å². The molecule has 7 nitrogen and oxygen atoms in total. The van der Waals surface area contributed by atoms with Crippen LogP contribution in [-0.4, -0.2) is 70.5 Å². The maximum atomic E-state index is 13.4. The maximum Gasteiger partial charge on any atom is 0.405 e. The van der Waals surface area contributed by atoms with E-state index < -0.39 is 24.7 Å². The Kier molecular flexibility index (Phi) is 9.15. The molecule has 0 saturated carbocycles. The van der Waals surface area contributed by atoms with Gasteiger partial charge < -0.3 is 10.6 Å². The number of nitrogens with one attached hydrogen (secondary N) is 2. The van der Waals surface area contributed by atoms with Gasteiger partial charge in [0.15, 0.2) is 0 Å². The molecule has 3 rings (SSSR count). The van der Waals surface area contributed by atoms with Crippen LogP contribution in [0.15, 0.2) is 36.9 Å². The highest BCUT2D eigenvalue weighted by Crippen LogP contribution is 2.25. The molecular formula is C16H21Cl2F3N6O. The third-order valence-electron chi connectivity index (χ3n) is 4.22. The predicted octanol–water partition coefficient (Wildman–Crippen LogP) is 1.68. The molecule has 1 saturated heterocycles. The van der Waals surface area contributed by atoms with Gasteiger partial charge in [-0.05, 0) is 18.2 Å². The topological polar surface area (TPSA) is 75.1 Å². The molecule has 1 aliphatic heterocycles. The Morgan fingerprint density at radius 3 is 2.57 bits per heavy atom. The summed E-state index contributed by atoms with van der Waals surface area (Å²) in [5.74, 6) is -0.559. The lowest BCUT2D eigenvalue weighted by Gasteiger charge is -2.35. The van der Waals surface area contributed by atoms with Crippen LogP contribution in [0, 0.1) is 0 Å². The molecule has 12 heteroatoms. The van der Waals surface area contributed by atoms with Gasteiger partial charge in [-0.1, -0.05) is 6.07 Å². The van der Waals surface area contributed by atoms with E-state index in [1.54, 1.807) is 24.3 Å². The number of halogens is 5. The SMILES string of the molecule is Cl.Cl.O=C(NCC(N1CCNCC1)C(F)(F)F)c1cccc(-n2cncn2)c1. The normalized spacial score (nSPS) is 15.8. The highest BCUT2D eigenvalue weighted by atomic mass is 35.5. The molecular weight excluding hydrogens is 420 g/mol. The minimum atomic E-state index is -4.41. The fourth-order valence-corrected chi connectivity index (χ4v) is 2.87. The molecule has 1 aromatic carbocycles. The van der Waals surface area contributed by atoms with Crippen molar-refractivity contribution in [2.45, 2.75) is 12.2 Å². The first-order chi connectivity index (χ1) is 12.4. The van der Waals surface area contributed by atoms with E-state index in [0.717, 1.165) is 0 Å². The molecule has 2 heterocycles. The number of hydrogen-bond acceptors (Lipinski definition) is 5. The molecule has 1 aliphatic rings. The minimum absolute atomic E-state index is 0. The van der Waals surface area contributed by atoms with E-state index in [4.69, 9.17) is 0 Å². The second-order valence-corrected chi connectivity index (χ2v) is 5.94. The third kappa shape index (κ3) is 6.06. The van der Waals surface area contributed by atoms with Crippen LogP contribution in [0.3, 0.4) is 0 Å². The summed E-state index contributed by atoms with van der Waals surface area (Å²) in [4.78, 5) is 17.5. The van der Waals surface area contributed by atoms with Gasteiger partial charge in [-0.3, -0.25) is 9.69 Å². The fourth-order valence-electron chi connectivity index (χ4n) is 2.87. The molecule has 0 bridgehead atoms. The Morgan fingerprint density at radius 1 is 1.25 bits per heavy atom. The molecule has 28 heavy (non-hydrogen) atoms. The van der Waals surface area contributed by atoms with Gasteiger partial charge in [0.2, 0.25) is 0 Å². The van der Waals surface area contributed by atoms with Gasteiger partial charge in [0, 0.05) is 38.3 Å². The second-order valence-electron chi connectivity index (χ2n) is 5.94. The van der Waals surface area contributed by atoms with Gasteiger partial charge in [-0.15, -0.1) is 24.8 Å². The van der Waals surface area contributed by atoms with Crippen molar-refractivity contribution in [3.63, 3.8) is 0 Å². The fraction of sp³-hybridized carbons (Fsp3) is 0.438. The first-order valence-electron chi connectivity index (χ1n) is 8.20. The Bertz CT molecular complexity index is 738. The van der Waals surface area contributed by atoms with E-state index >= 15 is 0 Å². The third-order valence-corrected chi connectivity index (χ3v) is 4.22. The summed E-state index contributed by atoms with van der Waals surface area (Å²) in [5, 5.41) is 9.40. The van der Waals surface area contributed by atoms with Gasteiger partial charge in [-0.25, -0.2) is 9.67 Å². The predicted molar refractivity (Wildman–Crippen MR) is 102 cm³/mol. The van der Waals surface area contributed by atoms with E-state index in [1.807, 2.05) is 0 Å². The van der Waals surface area contributed by atoms with Gasteiger partial charge in [0.05, 0.1) is 5.69 Å². The summed E-state index contributed by atoms with van der Waals surface area (Å²) in [7, 11) is 0. The van der Waals surface area contributed by atoms with Crippen LogP contribution in [0.1, 0.15) is 10.4 Å². The average Bonchev–Trinajstić information content (AvgIpc) is 3.16. The monoisotopic (exact) mass is 440 g/mol. The van der Waals surface area contributed by atoms with Crippen molar-refractivity contribution in [3.8, 4) is 5.69 Å². The van der Waals surface area contributed by atoms with E-state index in [-0.39, 0.29) is 30.4 Å². The summed E-state index contributed by atoms with van der Waals surface area (Å²) < 4.78 is 41.6. The average molecular weight is 441 g/mol. The number of benzene rings is 1. The molecule has 1 fully saturated rings. The van der Waals surface area contributed by atoms with Crippen molar-refractivity contribution in [1.29, 1.82) is 0 Å². The lowest BCUT2D eigenvalue weighted by Crippen LogP contribution is -2.57. The van der Waals surface area contributed by atoms with E-state index in [1.165, 1.54) is 22.2 Å². The lowest BCUT2D eigenvalue weighted by atomic mass is 10.1. The minimum Gasteiger partial charge on any atom is -0.350 e. The Hall–Kier alpha value is -1.88. The lowest BCUT2D eigenvalue weighted by molar-refractivity contribution is -0.183. The number of carbonyl (C=O) groups is 1. The van der Waals surface area contributed by atoms with Crippen LogP contribution in [-0.2, 0) is 0 Å². The summed E-state index contributed by atoms with van der Waals surface area (Å²) >= 11 is 0. The zero-order valence-electron chi connectivity index (χ0n) is 14.7. The first kappa shape index (κ1) is 24.2. The molecule has 156 valence electrons. The van der Waals surface area contributed by atoms with Crippen molar-refractivity contribution in [2.75, 3.05) is 32.7 Å². The molecule has 1 amide bonds. The summed E-state index contributed by atoms with van der Waals surface area (Å²) in [6.07, 6.45) is -1.58. The second kappa shape index (κ2) is 10.6. The largest absolute Gasteiger partial charge is 0.405 e. The highest BCUT2D eigenvalue weighted by molar-refractivity contribution is 5.94. The van der Waals surface area contributed by atoms with Gasteiger partial charge in [-0.2, -0.15) is 18.3 Å². The number of alkyl halides is 3. The number of nitrogens with zero attached hydrogens (tertiary/aromatic N) is 4. The van der Waals surface area contributed by atoms with Gasteiger partial charge in [0.1, 0.15) is 18.7 Å². The summed E-state index contributed by atoms with van der Waals surface area (Å²) in [6, 6.07) is 4.77. The van der Waals surface area contributed by atoms with Crippen molar-refractivity contribution < 1.29 is 18.0 Å². The van der Waals surface area contributed by atoms with E-state index in [9.17, 15) is 18.0 Å². The standard InChI is InChI=1S/C16H19F3N6O.2ClH/c17-16(18,19)14(24-6-4-20-5-7-24)9-22-15(26)12-2-1-3-13(8-12)25-11-21-10-23-25;;/h1-3,8,10-11,14,20H,4-7,9H2,(H,22,26);2*1H. The van der Waals surface area contributed by atoms with Crippen molar-refractivity contribution in [1.82, 2.24) is 30.3 Å². The van der Waals surface area contributed by atoms with Crippen LogP contribution >= 0.6 is 24.8 Å². The van der Waals surface area contributed by atoms with Crippen molar-refractivity contribution >= 4 is 30.7 Å². The Morgan fingerprint density at radius 2 is 1.96 bits per heavy atom. The zero-order valence-corrected chi connectivity index (χ0v) is 16.4. The van der Waals surface area contributed by atoms with Gasteiger partial charge >= 0.3 is 6.18 Å². The Labute approximate surface area is 172 Å². The van der Waals surface area contributed by atoms with E-state index in [0.29, 0.717) is 31.9 Å². The summed E-state index contributed by atoms with van der Waals surface area (Å²) in [6.45, 7) is 1.10. The molecule has 1 unspecified atom stereocenters. The molecule has 1 aromatic heterocycles. The number of hydrogen-bond donors (Lipinski definition) is 2. The van der Waals surface area contributed by atoms with Crippen LogP contribution in [0.5, 0.6) is 0 Å². The number of carbonyl (C=O) groups excluding carboxylic acids is 1.